The molecule has 0 aromatic heterocycles. The van der Waals surface area contributed by atoms with Crippen LogP contribution in [0.5, 0.6) is 0 Å². The van der Waals surface area contributed by atoms with E-state index in [9.17, 15) is 8.78 Å². The Hall–Kier alpha value is -1.42. The number of rotatable bonds is 3. The lowest BCUT2D eigenvalue weighted by Gasteiger charge is -2.22. The van der Waals surface area contributed by atoms with Gasteiger partial charge in [-0.15, -0.1) is 0 Å². The fraction of sp³-hybridized carbons (Fsp3) is 0.385. The van der Waals surface area contributed by atoms with E-state index in [2.05, 4.69) is 0 Å². The summed E-state index contributed by atoms with van der Waals surface area (Å²) >= 11 is 0. The van der Waals surface area contributed by atoms with Crippen LogP contribution in [-0.4, -0.2) is 19.8 Å². The number of hydrogen-bond donors (Lipinski definition) is 0. The largest absolute Gasteiger partial charge is 0.495 e. The van der Waals surface area contributed by atoms with Crippen LogP contribution in [0.25, 0.3) is 5.57 Å². The highest BCUT2D eigenvalue weighted by molar-refractivity contribution is 5.65. The zero-order valence-electron chi connectivity index (χ0n) is 9.58. The van der Waals surface area contributed by atoms with Crippen molar-refractivity contribution in [3.8, 4) is 0 Å². The molecule has 4 heteroatoms. The molecule has 1 aromatic rings. The normalized spacial score (nSPS) is 19.7. The Morgan fingerprint density at radius 1 is 1.41 bits per heavy atom. The molecular formula is C13H14F2O2. The van der Waals surface area contributed by atoms with Crippen molar-refractivity contribution in [3.63, 3.8) is 0 Å². The van der Waals surface area contributed by atoms with Crippen LogP contribution in [0.4, 0.5) is 8.78 Å². The summed E-state index contributed by atoms with van der Waals surface area (Å²) in [6.45, 7) is 0.523. The van der Waals surface area contributed by atoms with E-state index < -0.39 is 11.6 Å². The van der Waals surface area contributed by atoms with E-state index in [4.69, 9.17) is 9.47 Å². The summed E-state index contributed by atoms with van der Waals surface area (Å²) < 4.78 is 36.7. The number of halogens is 2. The Morgan fingerprint density at radius 3 is 2.82 bits per heavy atom. The molecule has 1 atom stereocenters. The van der Waals surface area contributed by atoms with Gasteiger partial charge in [-0.2, -0.15) is 0 Å². The number of ether oxygens (including phenoxy) is 2. The fourth-order valence-corrected chi connectivity index (χ4v) is 1.88. The third kappa shape index (κ3) is 2.82. The second-order valence-electron chi connectivity index (χ2n) is 4.02. The fourth-order valence-electron chi connectivity index (χ4n) is 1.88. The van der Waals surface area contributed by atoms with Gasteiger partial charge in [0.1, 0.15) is 17.7 Å². The average Bonchev–Trinajstić information content (AvgIpc) is 2.31. The topological polar surface area (TPSA) is 18.5 Å². The van der Waals surface area contributed by atoms with Crippen LogP contribution in [0.3, 0.4) is 0 Å². The molecule has 1 aliphatic rings. The van der Waals surface area contributed by atoms with E-state index in [-0.39, 0.29) is 6.10 Å². The van der Waals surface area contributed by atoms with Crippen LogP contribution >= 0.6 is 0 Å². The zero-order valence-corrected chi connectivity index (χ0v) is 9.58. The first-order valence-electron chi connectivity index (χ1n) is 5.49. The van der Waals surface area contributed by atoms with Gasteiger partial charge in [0.15, 0.2) is 0 Å². The van der Waals surface area contributed by atoms with Crippen molar-refractivity contribution < 1.29 is 18.3 Å². The Morgan fingerprint density at radius 2 is 2.24 bits per heavy atom. The average molecular weight is 240 g/mol. The number of benzene rings is 1. The predicted octanol–water partition coefficient (Wildman–Crippen LogP) is 3.13. The first kappa shape index (κ1) is 12.0. The van der Waals surface area contributed by atoms with Gasteiger partial charge >= 0.3 is 0 Å². The van der Waals surface area contributed by atoms with Gasteiger partial charge in [0.05, 0.1) is 12.9 Å². The van der Waals surface area contributed by atoms with Crippen molar-refractivity contribution in [1.82, 2.24) is 0 Å². The van der Waals surface area contributed by atoms with Gasteiger partial charge in [0.25, 0.3) is 0 Å². The lowest BCUT2D eigenvalue weighted by Crippen LogP contribution is -2.20. The minimum atomic E-state index is -0.569. The van der Waals surface area contributed by atoms with Crippen molar-refractivity contribution in [2.24, 2.45) is 0 Å². The molecule has 0 bridgehead atoms. The first-order chi connectivity index (χ1) is 8.20. The molecule has 2 rings (SSSR count). The second kappa shape index (κ2) is 5.27. The highest BCUT2D eigenvalue weighted by Crippen LogP contribution is 2.28. The van der Waals surface area contributed by atoms with Gasteiger partial charge in [0.2, 0.25) is 0 Å². The third-order valence-electron chi connectivity index (χ3n) is 2.77. The van der Waals surface area contributed by atoms with Gasteiger partial charge < -0.3 is 9.47 Å². The monoisotopic (exact) mass is 240 g/mol. The van der Waals surface area contributed by atoms with Crippen LogP contribution in [0, 0.1) is 11.6 Å². The summed E-state index contributed by atoms with van der Waals surface area (Å²) in [5.74, 6) is -1.12. The smallest absolute Gasteiger partial charge is 0.133 e. The maximum atomic E-state index is 13.5. The number of hydrogen-bond acceptors (Lipinski definition) is 2. The first-order valence-corrected chi connectivity index (χ1v) is 5.49. The molecule has 0 radical (unpaired) electrons. The molecule has 1 aromatic carbocycles. The molecule has 17 heavy (non-hydrogen) atoms. The van der Waals surface area contributed by atoms with Gasteiger partial charge in [-0.3, -0.25) is 0 Å². The van der Waals surface area contributed by atoms with E-state index in [0.29, 0.717) is 18.6 Å². The van der Waals surface area contributed by atoms with Crippen LogP contribution in [-0.2, 0) is 9.47 Å². The minimum Gasteiger partial charge on any atom is -0.495 e. The van der Waals surface area contributed by atoms with Crippen LogP contribution in [0.1, 0.15) is 18.4 Å². The zero-order chi connectivity index (χ0) is 12.3. The van der Waals surface area contributed by atoms with E-state index in [1.54, 1.807) is 13.4 Å². The molecule has 0 aliphatic carbocycles. The molecular weight excluding hydrogens is 226 g/mol. The van der Waals surface area contributed by atoms with E-state index in [1.807, 2.05) is 0 Å². The Labute approximate surface area is 98.8 Å². The molecule has 0 unspecified atom stereocenters. The summed E-state index contributed by atoms with van der Waals surface area (Å²) in [4.78, 5) is 0. The quantitative estimate of drug-likeness (QED) is 0.808. The molecule has 0 spiro atoms. The Balaban J connectivity index is 2.13. The maximum Gasteiger partial charge on any atom is 0.133 e. The lowest BCUT2D eigenvalue weighted by atomic mass is 9.98. The summed E-state index contributed by atoms with van der Waals surface area (Å²) in [6.07, 6.45) is 3.04. The van der Waals surface area contributed by atoms with Crippen molar-refractivity contribution in [1.29, 1.82) is 0 Å². The third-order valence-corrected chi connectivity index (χ3v) is 2.77. The summed E-state index contributed by atoms with van der Waals surface area (Å²) in [5, 5.41) is 0. The summed E-state index contributed by atoms with van der Waals surface area (Å²) in [5.41, 5.74) is 1.16. The molecule has 0 saturated heterocycles. The molecule has 0 N–H and O–H groups in total. The SMILES string of the molecule is COC[C@H]1CCC(c2ccc(F)cc2F)=CO1. The van der Waals surface area contributed by atoms with Crippen molar-refractivity contribution in [2.45, 2.75) is 18.9 Å². The molecule has 0 fully saturated rings. The predicted molar refractivity (Wildman–Crippen MR) is 60.3 cm³/mol. The van der Waals surface area contributed by atoms with E-state index >= 15 is 0 Å². The van der Waals surface area contributed by atoms with Gasteiger partial charge in [-0.25, -0.2) is 8.78 Å². The van der Waals surface area contributed by atoms with E-state index in [1.165, 1.54) is 12.1 Å². The molecule has 0 amide bonds. The van der Waals surface area contributed by atoms with Crippen LogP contribution < -0.4 is 0 Å². The summed E-state index contributed by atoms with van der Waals surface area (Å²) in [7, 11) is 1.61. The number of methoxy groups -OCH3 is 1. The second-order valence-corrected chi connectivity index (χ2v) is 4.02. The van der Waals surface area contributed by atoms with Crippen LogP contribution in [0.2, 0.25) is 0 Å². The Bertz CT molecular complexity index is 429. The molecule has 2 nitrogen and oxygen atoms in total. The van der Waals surface area contributed by atoms with Gasteiger partial charge in [-0.05, 0) is 30.5 Å². The highest BCUT2D eigenvalue weighted by Gasteiger charge is 2.18. The highest BCUT2D eigenvalue weighted by atomic mass is 19.1. The Kier molecular flexibility index (Phi) is 3.74. The molecule has 0 saturated carbocycles. The number of allylic oxidation sites excluding steroid dienone is 1. The maximum absolute atomic E-state index is 13.5. The van der Waals surface area contributed by atoms with Crippen LogP contribution in [0.15, 0.2) is 24.5 Å². The summed E-state index contributed by atoms with van der Waals surface area (Å²) in [6, 6.07) is 3.58. The van der Waals surface area contributed by atoms with Gasteiger partial charge in [-0.1, -0.05) is 0 Å². The van der Waals surface area contributed by atoms with Crippen molar-refractivity contribution in [3.05, 3.63) is 41.7 Å². The van der Waals surface area contributed by atoms with Crippen molar-refractivity contribution >= 4 is 5.57 Å². The lowest BCUT2D eigenvalue weighted by molar-refractivity contribution is 0.0420. The molecule has 1 heterocycles. The minimum absolute atomic E-state index is 0.0206. The molecule has 92 valence electrons. The van der Waals surface area contributed by atoms with E-state index in [0.717, 1.165) is 18.1 Å². The standard InChI is InChI=1S/C13H14F2O2/c1-16-8-11-4-2-9(7-17-11)12-5-3-10(14)6-13(12)15/h3,5-7,11H,2,4,8H2,1H3/t11-/m1/s1. The molecule has 1 aliphatic heterocycles. The van der Waals surface area contributed by atoms with Gasteiger partial charge in [0, 0.05) is 18.7 Å². The van der Waals surface area contributed by atoms with Crippen molar-refractivity contribution in [2.75, 3.05) is 13.7 Å².